The topological polar surface area (TPSA) is 29.5 Å². The van der Waals surface area contributed by atoms with Gasteiger partial charge in [-0.25, -0.2) is 0 Å². The van der Waals surface area contributed by atoms with Gasteiger partial charge in [-0.05, 0) is 37.4 Å². The predicted octanol–water partition coefficient (Wildman–Crippen LogP) is 3.85. The maximum absolute atomic E-state index is 12.5. The Morgan fingerprint density at radius 3 is 2.71 bits per heavy atom. The molecule has 0 N–H and O–H groups in total. The van der Waals surface area contributed by atoms with Gasteiger partial charge in [0.1, 0.15) is 5.75 Å². The van der Waals surface area contributed by atoms with Gasteiger partial charge in [-0.1, -0.05) is 18.2 Å². The van der Waals surface area contributed by atoms with E-state index in [9.17, 15) is 4.79 Å². The fourth-order valence-corrected chi connectivity index (χ4v) is 2.83. The summed E-state index contributed by atoms with van der Waals surface area (Å²) in [5.74, 6) is 0.842. The molecule has 0 fully saturated rings. The molecule has 4 heteroatoms. The molecule has 0 spiro atoms. The second kappa shape index (κ2) is 7.38. The standard InChI is InChI=1S/C17H21NO2S/c1-13(2)18(11-16-8-5-9-21-16)12-17(19)14-6-4-7-15(10-14)20-3/h4-10,13H,11-12H2,1-3H3. The quantitative estimate of drug-likeness (QED) is 0.728. The Kier molecular flexibility index (Phi) is 5.53. The molecule has 21 heavy (non-hydrogen) atoms. The van der Waals surface area contributed by atoms with Crippen molar-refractivity contribution in [1.82, 2.24) is 4.90 Å². The number of carbonyl (C=O) groups excluding carboxylic acids is 1. The molecular formula is C17H21NO2S. The summed E-state index contributed by atoms with van der Waals surface area (Å²) in [5, 5.41) is 2.07. The first-order valence-corrected chi connectivity index (χ1v) is 7.92. The number of nitrogens with zero attached hydrogens (tertiary/aromatic N) is 1. The summed E-state index contributed by atoms with van der Waals surface area (Å²) in [7, 11) is 1.61. The van der Waals surface area contributed by atoms with E-state index >= 15 is 0 Å². The molecule has 3 nitrogen and oxygen atoms in total. The number of rotatable bonds is 7. The normalized spacial score (nSPS) is 11.1. The number of benzene rings is 1. The highest BCUT2D eigenvalue weighted by molar-refractivity contribution is 7.09. The Morgan fingerprint density at radius 1 is 1.29 bits per heavy atom. The Bertz CT molecular complexity index is 578. The van der Waals surface area contributed by atoms with Gasteiger partial charge in [0.2, 0.25) is 0 Å². The van der Waals surface area contributed by atoms with Crippen LogP contribution in [0.3, 0.4) is 0 Å². The Labute approximate surface area is 130 Å². The lowest BCUT2D eigenvalue weighted by Crippen LogP contribution is -2.35. The van der Waals surface area contributed by atoms with Crippen molar-refractivity contribution in [2.24, 2.45) is 0 Å². The van der Waals surface area contributed by atoms with Gasteiger partial charge in [0.15, 0.2) is 5.78 Å². The van der Waals surface area contributed by atoms with Gasteiger partial charge in [0.05, 0.1) is 13.7 Å². The summed E-state index contributed by atoms with van der Waals surface area (Å²) in [6, 6.07) is 11.8. The Hall–Kier alpha value is -1.65. The molecule has 0 atom stereocenters. The van der Waals surface area contributed by atoms with Crippen molar-refractivity contribution in [3.63, 3.8) is 0 Å². The van der Waals surface area contributed by atoms with E-state index in [-0.39, 0.29) is 5.78 Å². The molecule has 2 rings (SSSR count). The van der Waals surface area contributed by atoms with Crippen molar-refractivity contribution >= 4 is 17.1 Å². The van der Waals surface area contributed by atoms with Crippen LogP contribution >= 0.6 is 11.3 Å². The molecule has 112 valence electrons. The number of ketones is 1. The van der Waals surface area contributed by atoms with Crippen molar-refractivity contribution in [2.45, 2.75) is 26.4 Å². The van der Waals surface area contributed by atoms with Gasteiger partial charge >= 0.3 is 0 Å². The average molecular weight is 303 g/mol. The SMILES string of the molecule is COc1cccc(C(=O)CN(Cc2cccs2)C(C)C)c1. The third-order valence-electron chi connectivity index (χ3n) is 3.41. The minimum absolute atomic E-state index is 0.124. The molecule has 1 aromatic heterocycles. The van der Waals surface area contributed by atoms with Crippen molar-refractivity contribution in [3.05, 3.63) is 52.2 Å². The zero-order valence-corrected chi connectivity index (χ0v) is 13.5. The lowest BCUT2D eigenvalue weighted by molar-refractivity contribution is 0.0899. The number of hydrogen-bond donors (Lipinski definition) is 0. The molecule has 0 aliphatic carbocycles. The second-order valence-electron chi connectivity index (χ2n) is 5.23. The van der Waals surface area contributed by atoms with E-state index in [1.54, 1.807) is 24.5 Å². The summed E-state index contributed by atoms with van der Waals surface area (Å²) in [6.45, 7) is 5.46. The summed E-state index contributed by atoms with van der Waals surface area (Å²) >= 11 is 1.72. The van der Waals surface area contributed by atoms with E-state index in [0.717, 1.165) is 12.3 Å². The number of carbonyl (C=O) groups is 1. The zero-order chi connectivity index (χ0) is 15.2. The maximum atomic E-state index is 12.5. The van der Waals surface area contributed by atoms with Crippen LogP contribution in [0.2, 0.25) is 0 Å². The van der Waals surface area contributed by atoms with Gasteiger partial charge in [-0.3, -0.25) is 9.69 Å². The molecule has 0 saturated carbocycles. The van der Waals surface area contributed by atoms with E-state index < -0.39 is 0 Å². The van der Waals surface area contributed by atoms with Crippen LogP contribution in [0, 0.1) is 0 Å². The van der Waals surface area contributed by atoms with Crippen LogP contribution in [0.25, 0.3) is 0 Å². The highest BCUT2D eigenvalue weighted by Gasteiger charge is 2.16. The number of thiophene rings is 1. The van der Waals surface area contributed by atoms with Crippen molar-refractivity contribution in [3.8, 4) is 5.75 Å². The number of ether oxygens (including phenoxy) is 1. The molecule has 0 unspecified atom stereocenters. The highest BCUT2D eigenvalue weighted by atomic mass is 32.1. The van der Waals surface area contributed by atoms with E-state index in [2.05, 4.69) is 30.2 Å². The number of Topliss-reactive ketones (excluding diaryl/α,β-unsaturated/α-hetero) is 1. The fourth-order valence-electron chi connectivity index (χ4n) is 2.10. The van der Waals surface area contributed by atoms with Crippen LogP contribution in [0.15, 0.2) is 41.8 Å². The fraction of sp³-hybridized carbons (Fsp3) is 0.353. The second-order valence-corrected chi connectivity index (χ2v) is 6.27. The van der Waals surface area contributed by atoms with E-state index in [1.165, 1.54) is 4.88 Å². The molecule has 0 aliphatic heterocycles. The lowest BCUT2D eigenvalue weighted by Gasteiger charge is -2.25. The molecule has 0 amide bonds. The molecule has 0 radical (unpaired) electrons. The van der Waals surface area contributed by atoms with Gasteiger partial charge in [0.25, 0.3) is 0 Å². The Balaban J connectivity index is 2.07. The average Bonchev–Trinajstić information content (AvgIpc) is 2.99. The molecule has 0 aliphatic rings. The molecule has 1 heterocycles. The van der Waals surface area contributed by atoms with Gasteiger partial charge in [-0.2, -0.15) is 0 Å². The minimum Gasteiger partial charge on any atom is -0.497 e. The Morgan fingerprint density at radius 2 is 2.10 bits per heavy atom. The molecule has 1 aromatic carbocycles. The van der Waals surface area contributed by atoms with Crippen molar-refractivity contribution in [2.75, 3.05) is 13.7 Å². The predicted molar refractivity (Wildman–Crippen MR) is 87.2 cm³/mol. The monoisotopic (exact) mass is 303 g/mol. The van der Waals surface area contributed by atoms with E-state index in [1.807, 2.05) is 24.3 Å². The van der Waals surface area contributed by atoms with Gasteiger partial charge in [-0.15, -0.1) is 11.3 Å². The van der Waals surface area contributed by atoms with Crippen LogP contribution in [-0.4, -0.2) is 30.4 Å². The molecule has 2 aromatic rings. The highest BCUT2D eigenvalue weighted by Crippen LogP contribution is 2.17. The lowest BCUT2D eigenvalue weighted by atomic mass is 10.1. The first-order chi connectivity index (χ1) is 10.1. The number of hydrogen-bond acceptors (Lipinski definition) is 4. The van der Waals surface area contributed by atoms with Gasteiger partial charge < -0.3 is 4.74 Å². The minimum atomic E-state index is 0.124. The summed E-state index contributed by atoms with van der Waals surface area (Å²) < 4.78 is 5.18. The third-order valence-corrected chi connectivity index (χ3v) is 4.27. The summed E-state index contributed by atoms with van der Waals surface area (Å²) in [4.78, 5) is 15.9. The van der Waals surface area contributed by atoms with Gasteiger partial charge in [0, 0.05) is 23.0 Å². The summed E-state index contributed by atoms with van der Waals surface area (Å²) in [5.41, 5.74) is 0.700. The smallest absolute Gasteiger partial charge is 0.176 e. The summed E-state index contributed by atoms with van der Waals surface area (Å²) in [6.07, 6.45) is 0. The molecule has 0 saturated heterocycles. The maximum Gasteiger partial charge on any atom is 0.176 e. The van der Waals surface area contributed by atoms with Crippen LogP contribution in [0.5, 0.6) is 5.75 Å². The van der Waals surface area contributed by atoms with E-state index in [4.69, 9.17) is 4.74 Å². The van der Waals surface area contributed by atoms with Crippen LogP contribution in [-0.2, 0) is 6.54 Å². The van der Waals surface area contributed by atoms with Crippen LogP contribution in [0.4, 0.5) is 0 Å². The first kappa shape index (κ1) is 15.7. The number of methoxy groups -OCH3 is 1. The zero-order valence-electron chi connectivity index (χ0n) is 12.7. The van der Waals surface area contributed by atoms with Crippen LogP contribution in [0.1, 0.15) is 29.1 Å². The van der Waals surface area contributed by atoms with E-state index in [0.29, 0.717) is 18.2 Å². The third kappa shape index (κ3) is 4.41. The van der Waals surface area contributed by atoms with Crippen molar-refractivity contribution < 1.29 is 9.53 Å². The van der Waals surface area contributed by atoms with Crippen LogP contribution < -0.4 is 4.74 Å². The van der Waals surface area contributed by atoms with Crippen molar-refractivity contribution in [1.29, 1.82) is 0 Å². The molecular weight excluding hydrogens is 282 g/mol. The first-order valence-electron chi connectivity index (χ1n) is 7.04. The largest absolute Gasteiger partial charge is 0.497 e. The molecule has 0 bridgehead atoms.